The highest BCUT2D eigenvalue weighted by Crippen LogP contribution is 2.35. The summed E-state index contributed by atoms with van der Waals surface area (Å²) in [6, 6.07) is 6.42. The molecule has 1 aromatic carbocycles. The van der Waals surface area contributed by atoms with Crippen molar-refractivity contribution in [2.75, 3.05) is 0 Å². The highest BCUT2D eigenvalue weighted by Gasteiger charge is 2.39. The predicted octanol–water partition coefficient (Wildman–Crippen LogP) is 4.03. The highest BCUT2D eigenvalue weighted by atomic mass is 32.2. The molecule has 0 bridgehead atoms. The molecule has 0 saturated carbocycles. The molecule has 1 atom stereocenters. The van der Waals surface area contributed by atoms with Crippen LogP contribution in [0.15, 0.2) is 53.8 Å². The number of nitriles is 1. The fourth-order valence-corrected chi connectivity index (χ4v) is 4.95. The highest BCUT2D eigenvalue weighted by molar-refractivity contribution is 7.89. The van der Waals surface area contributed by atoms with E-state index in [1.165, 1.54) is 48.1 Å². The molecule has 1 N–H and O–H groups in total. The molecule has 0 aliphatic rings. The Kier molecular flexibility index (Phi) is 6.04. The number of sulfonamides is 1. The van der Waals surface area contributed by atoms with E-state index < -0.39 is 33.0 Å². The molecule has 0 aliphatic carbocycles. The molecule has 0 spiro atoms. The van der Waals surface area contributed by atoms with Gasteiger partial charge in [0.25, 0.3) is 0 Å². The average molecular weight is 504 g/mol. The van der Waals surface area contributed by atoms with Gasteiger partial charge >= 0.3 is 6.18 Å². The van der Waals surface area contributed by atoms with E-state index in [9.17, 15) is 31.2 Å². The standard InChI is InChI=1S/C22H16F4N6O2S/c1-12-8-17(30-11-19(12)35(33,34)31-13(2)22(24,25)26)20-16(10-27)15-9-14(23)4-5-18(15)32(20)21-28-6-3-7-29-21/h3-9,11,13,31H,1-2H3. The van der Waals surface area contributed by atoms with E-state index in [1.807, 2.05) is 6.07 Å². The monoisotopic (exact) mass is 504 g/mol. The maximum Gasteiger partial charge on any atom is 0.404 e. The van der Waals surface area contributed by atoms with Crippen molar-refractivity contribution in [1.29, 1.82) is 5.26 Å². The molecule has 0 fully saturated rings. The molecule has 8 nitrogen and oxygen atoms in total. The quantitative estimate of drug-likeness (QED) is 0.411. The second kappa shape index (κ2) is 8.71. The first-order chi connectivity index (χ1) is 16.4. The number of aromatic nitrogens is 4. The minimum absolute atomic E-state index is 0.0401. The van der Waals surface area contributed by atoms with Crippen molar-refractivity contribution in [2.24, 2.45) is 0 Å². The van der Waals surface area contributed by atoms with Crippen molar-refractivity contribution in [1.82, 2.24) is 24.2 Å². The summed E-state index contributed by atoms with van der Waals surface area (Å²) in [5, 5.41) is 10.1. The fourth-order valence-electron chi connectivity index (χ4n) is 3.55. The number of rotatable bonds is 5. The van der Waals surface area contributed by atoms with Gasteiger partial charge in [-0.05, 0) is 49.7 Å². The number of benzene rings is 1. The van der Waals surface area contributed by atoms with E-state index in [-0.39, 0.29) is 33.8 Å². The Morgan fingerprint density at radius 1 is 1.14 bits per heavy atom. The van der Waals surface area contributed by atoms with Gasteiger partial charge in [0.15, 0.2) is 0 Å². The Hall–Kier alpha value is -3.89. The van der Waals surface area contributed by atoms with Crippen LogP contribution in [0.25, 0.3) is 28.2 Å². The normalized spacial score (nSPS) is 13.1. The molecule has 4 rings (SSSR count). The van der Waals surface area contributed by atoms with Crippen LogP contribution in [0.3, 0.4) is 0 Å². The van der Waals surface area contributed by atoms with Crippen LogP contribution >= 0.6 is 0 Å². The SMILES string of the molecule is Cc1cc(-c2c(C#N)c3cc(F)ccc3n2-c2ncccn2)ncc1S(=O)(=O)NC(C)C(F)(F)F. The molecular formula is C22H16F4N6O2S. The molecule has 180 valence electrons. The van der Waals surface area contributed by atoms with Crippen LogP contribution in [0.1, 0.15) is 18.1 Å². The first-order valence-electron chi connectivity index (χ1n) is 10.0. The lowest BCUT2D eigenvalue weighted by molar-refractivity contribution is -0.147. The summed E-state index contributed by atoms with van der Waals surface area (Å²) in [6.45, 7) is 2.07. The molecule has 13 heteroatoms. The number of nitrogens with zero attached hydrogens (tertiary/aromatic N) is 5. The van der Waals surface area contributed by atoms with E-state index in [1.54, 1.807) is 10.8 Å². The number of aryl methyl sites for hydroxylation is 1. The fraction of sp³-hybridized carbons (Fsp3) is 0.182. The van der Waals surface area contributed by atoms with Gasteiger partial charge in [-0.25, -0.2) is 22.8 Å². The third-order valence-corrected chi connectivity index (χ3v) is 6.88. The van der Waals surface area contributed by atoms with Crippen LogP contribution in [0.4, 0.5) is 17.6 Å². The van der Waals surface area contributed by atoms with E-state index in [4.69, 9.17) is 0 Å². The maximum absolute atomic E-state index is 14.0. The summed E-state index contributed by atoms with van der Waals surface area (Å²) in [5.41, 5.74) is 0.811. The lowest BCUT2D eigenvalue weighted by Crippen LogP contribution is -2.43. The minimum Gasteiger partial charge on any atom is -0.275 e. The number of hydrogen-bond acceptors (Lipinski definition) is 6. The largest absolute Gasteiger partial charge is 0.404 e. The second-order valence-corrected chi connectivity index (χ2v) is 9.28. The number of pyridine rings is 1. The Bertz CT molecular complexity index is 1580. The molecule has 35 heavy (non-hydrogen) atoms. The zero-order chi connectivity index (χ0) is 25.5. The molecule has 3 heterocycles. The lowest BCUT2D eigenvalue weighted by atomic mass is 10.1. The van der Waals surface area contributed by atoms with Gasteiger partial charge in [0.1, 0.15) is 22.8 Å². The van der Waals surface area contributed by atoms with Gasteiger partial charge in [-0.2, -0.15) is 23.2 Å². The lowest BCUT2D eigenvalue weighted by Gasteiger charge is -2.18. The van der Waals surface area contributed by atoms with Crippen molar-refractivity contribution < 1.29 is 26.0 Å². The van der Waals surface area contributed by atoms with Crippen LogP contribution in [0.2, 0.25) is 0 Å². The van der Waals surface area contributed by atoms with Crippen molar-refractivity contribution in [3.8, 4) is 23.4 Å². The number of halogens is 4. The molecule has 1 unspecified atom stereocenters. The van der Waals surface area contributed by atoms with E-state index >= 15 is 0 Å². The summed E-state index contributed by atoms with van der Waals surface area (Å²) >= 11 is 0. The smallest absolute Gasteiger partial charge is 0.275 e. The Morgan fingerprint density at radius 3 is 2.43 bits per heavy atom. The van der Waals surface area contributed by atoms with Gasteiger partial charge in [0, 0.05) is 24.0 Å². The minimum atomic E-state index is -4.78. The van der Waals surface area contributed by atoms with Crippen LogP contribution in [0, 0.1) is 24.1 Å². The molecule has 3 aromatic heterocycles. The van der Waals surface area contributed by atoms with Gasteiger partial charge in [-0.3, -0.25) is 9.55 Å². The molecule has 4 aromatic rings. The molecule has 0 aliphatic heterocycles. The maximum atomic E-state index is 14.0. The zero-order valence-corrected chi connectivity index (χ0v) is 19.0. The van der Waals surface area contributed by atoms with Crippen molar-refractivity contribution >= 4 is 20.9 Å². The third-order valence-electron chi connectivity index (χ3n) is 5.21. The van der Waals surface area contributed by atoms with Crippen LogP contribution in [-0.4, -0.2) is 40.2 Å². The van der Waals surface area contributed by atoms with E-state index in [2.05, 4.69) is 15.0 Å². The predicted molar refractivity (Wildman–Crippen MR) is 117 cm³/mol. The summed E-state index contributed by atoms with van der Waals surface area (Å²) in [6.07, 6.45) is -0.932. The van der Waals surface area contributed by atoms with Crippen LogP contribution in [-0.2, 0) is 10.0 Å². The third kappa shape index (κ3) is 4.45. The second-order valence-electron chi connectivity index (χ2n) is 7.60. The Labute approximate surface area is 196 Å². The summed E-state index contributed by atoms with van der Waals surface area (Å²) < 4.78 is 80.9. The van der Waals surface area contributed by atoms with Gasteiger partial charge in [-0.15, -0.1) is 0 Å². The van der Waals surface area contributed by atoms with Crippen molar-refractivity contribution in [2.45, 2.75) is 31.0 Å². The molecular weight excluding hydrogens is 488 g/mol. The average Bonchev–Trinajstić information content (AvgIpc) is 3.11. The number of hydrogen-bond donors (Lipinski definition) is 1. The summed E-state index contributed by atoms with van der Waals surface area (Å²) in [4.78, 5) is 12.1. The number of alkyl halides is 3. The molecule has 0 saturated heterocycles. The Balaban J connectivity index is 1.92. The van der Waals surface area contributed by atoms with Crippen molar-refractivity contribution in [3.05, 3.63) is 65.9 Å². The Morgan fingerprint density at radius 2 is 1.83 bits per heavy atom. The number of nitrogens with one attached hydrogen (secondary N) is 1. The summed E-state index contributed by atoms with van der Waals surface area (Å²) in [5.74, 6) is -0.431. The van der Waals surface area contributed by atoms with Crippen LogP contribution in [0.5, 0.6) is 0 Å². The van der Waals surface area contributed by atoms with E-state index in [0.717, 1.165) is 6.20 Å². The van der Waals surface area contributed by atoms with Gasteiger partial charge in [-0.1, -0.05) is 0 Å². The first-order valence-corrected chi connectivity index (χ1v) is 11.5. The molecule has 0 amide bonds. The van der Waals surface area contributed by atoms with E-state index in [0.29, 0.717) is 12.4 Å². The van der Waals surface area contributed by atoms with Gasteiger partial charge in [0.05, 0.1) is 22.5 Å². The van der Waals surface area contributed by atoms with Crippen molar-refractivity contribution in [3.63, 3.8) is 0 Å². The van der Waals surface area contributed by atoms with Crippen LogP contribution < -0.4 is 4.72 Å². The van der Waals surface area contributed by atoms with Gasteiger partial charge < -0.3 is 0 Å². The topological polar surface area (TPSA) is 114 Å². The zero-order valence-electron chi connectivity index (χ0n) is 18.2. The first kappa shape index (κ1) is 24.2. The number of fused-ring (bicyclic) bond motifs is 1. The molecule has 0 radical (unpaired) electrons. The summed E-state index contributed by atoms with van der Waals surface area (Å²) in [7, 11) is -4.56. The van der Waals surface area contributed by atoms with Gasteiger partial charge in [0.2, 0.25) is 16.0 Å².